The van der Waals surface area contributed by atoms with Gasteiger partial charge in [-0.2, -0.15) is 13.2 Å². The average Bonchev–Trinajstić information content (AvgIpc) is 3.29. The van der Waals surface area contributed by atoms with Gasteiger partial charge >= 0.3 is 6.18 Å². The van der Waals surface area contributed by atoms with Crippen LogP contribution in [0.15, 0.2) is 48.7 Å². The summed E-state index contributed by atoms with van der Waals surface area (Å²) in [6.45, 7) is 0. The number of fused-ring (bicyclic) bond motifs is 1. The number of hydrogen-bond donors (Lipinski definition) is 1. The van der Waals surface area contributed by atoms with Crippen molar-refractivity contribution in [2.24, 2.45) is 0 Å². The van der Waals surface area contributed by atoms with Gasteiger partial charge in [-0.3, -0.25) is 10.1 Å². The minimum Gasteiger partial charge on any atom is -0.298 e. The summed E-state index contributed by atoms with van der Waals surface area (Å²) in [5, 5.41) is 7.02. The molecular weight excluding hydrogens is 409 g/mol. The number of amides is 1. The van der Waals surface area contributed by atoms with E-state index in [1.54, 1.807) is 30.5 Å². The Morgan fingerprint density at radius 1 is 1.14 bits per heavy atom. The summed E-state index contributed by atoms with van der Waals surface area (Å²) >= 11 is 2.42. The second-order valence-electron chi connectivity index (χ2n) is 5.92. The number of hydrogen-bond acceptors (Lipinski definition) is 6. The molecule has 0 aliphatic rings. The van der Waals surface area contributed by atoms with Crippen LogP contribution in [0.1, 0.15) is 26.4 Å². The monoisotopic (exact) mass is 420 g/mol. The van der Waals surface area contributed by atoms with Gasteiger partial charge < -0.3 is 0 Å². The summed E-state index contributed by atoms with van der Waals surface area (Å²) < 4.78 is 43.1. The zero-order chi connectivity index (χ0) is 19.7. The van der Waals surface area contributed by atoms with E-state index >= 15 is 0 Å². The van der Waals surface area contributed by atoms with Crippen LogP contribution in [0.5, 0.6) is 0 Å². The van der Waals surface area contributed by atoms with E-state index in [2.05, 4.69) is 19.9 Å². The molecule has 4 aromatic rings. The fraction of sp³-hybridized carbons (Fsp3) is 0.111. The van der Waals surface area contributed by atoms with Crippen molar-refractivity contribution >= 4 is 44.1 Å². The molecule has 0 radical (unpaired) electrons. The predicted molar refractivity (Wildman–Crippen MR) is 102 cm³/mol. The van der Waals surface area contributed by atoms with Crippen molar-refractivity contribution in [2.45, 2.75) is 12.6 Å². The van der Waals surface area contributed by atoms with Crippen LogP contribution < -0.4 is 5.32 Å². The van der Waals surface area contributed by atoms with Crippen molar-refractivity contribution in [1.29, 1.82) is 0 Å². The van der Waals surface area contributed by atoms with E-state index in [0.717, 1.165) is 27.2 Å². The molecule has 10 heteroatoms. The number of aromatic nitrogens is 3. The van der Waals surface area contributed by atoms with E-state index in [-0.39, 0.29) is 5.91 Å². The number of nitrogens with zero attached hydrogens (tertiary/aromatic N) is 3. The van der Waals surface area contributed by atoms with Gasteiger partial charge in [-0.25, -0.2) is 4.98 Å². The van der Waals surface area contributed by atoms with Crippen molar-refractivity contribution in [2.75, 3.05) is 5.32 Å². The molecule has 0 aliphatic carbocycles. The lowest BCUT2D eigenvalue weighted by Crippen LogP contribution is -2.11. The number of alkyl halides is 3. The molecule has 2 aromatic heterocycles. The highest BCUT2D eigenvalue weighted by atomic mass is 32.1. The van der Waals surface area contributed by atoms with Crippen molar-refractivity contribution in [3.8, 4) is 0 Å². The van der Waals surface area contributed by atoms with Gasteiger partial charge in [-0.1, -0.05) is 22.7 Å². The first-order valence-corrected chi connectivity index (χ1v) is 9.62. The highest BCUT2D eigenvalue weighted by Crippen LogP contribution is 2.30. The van der Waals surface area contributed by atoms with E-state index in [9.17, 15) is 18.0 Å². The van der Waals surface area contributed by atoms with Gasteiger partial charge in [-0.15, -0.1) is 16.4 Å². The lowest BCUT2D eigenvalue weighted by atomic mass is 10.1. The topological polar surface area (TPSA) is 67.8 Å². The average molecular weight is 420 g/mol. The summed E-state index contributed by atoms with van der Waals surface area (Å²) in [4.78, 5) is 17.3. The molecule has 0 spiro atoms. The smallest absolute Gasteiger partial charge is 0.298 e. The summed E-state index contributed by atoms with van der Waals surface area (Å²) in [5.41, 5.74) is 1.02. The van der Waals surface area contributed by atoms with Crippen molar-refractivity contribution in [3.63, 3.8) is 0 Å². The maximum atomic E-state index is 12.8. The van der Waals surface area contributed by atoms with Crippen LogP contribution in [0.4, 0.5) is 18.3 Å². The maximum Gasteiger partial charge on any atom is 0.416 e. The number of rotatable bonds is 4. The Kier molecular flexibility index (Phi) is 4.82. The lowest BCUT2D eigenvalue weighted by molar-refractivity contribution is -0.137. The molecule has 0 fully saturated rings. The summed E-state index contributed by atoms with van der Waals surface area (Å²) in [6.07, 6.45) is -2.52. The minimum absolute atomic E-state index is 0.302. The Labute approximate surface area is 165 Å². The molecule has 0 saturated heterocycles. The third-order valence-corrected chi connectivity index (χ3v) is 5.52. The maximum absolute atomic E-state index is 12.8. The highest BCUT2D eigenvalue weighted by Gasteiger charge is 2.30. The van der Waals surface area contributed by atoms with Crippen molar-refractivity contribution in [3.05, 3.63) is 70.2 Å². The molecule has 0 atom stereocenters. The molecule has 4 rings (SSSR count). The molecule has 2 heterocycles. The van der Waals surface area contributed by atoms with Crippen molar-refractivity contribution < 1.29 is 18.0 Å². The number of thiazole rings is 1. The first-order valence-electron chi connectivity index (χ1n) is 8.03. The quantitative estimate of drug-likeness (QED) is 0.504. The lowest BCUT2D eigenvalue weighted by Gasteiger charge is -2.07. The van der Waals surface area contributed by atoms with E-state index in [4.69, 9.17) is 0 Å². The Morgan fingerprint density at radius 3 is 2.82 bits per heavy atom. The van der Waals surface area contributed by atoms with Gasteiger partial charge in [0.15, 0.2) is 5.13 Å². The first kappa shape index (κ1) is 18.5. The van der Waals surface area contributed by atoms with Crippen LogP contribution in [-0.4, -0.2) is 20.5 Å². The molecule has 0 saturated carbocycles. The standard InChI is InChI=1S/C18H11F3N4OS2/c19-18(20,21)12-3-1-2-10(6-12)7-13-9-22-17(27-13)23-16(26)11-4-5-14-15(8-11)28-25-24-14/h1-6,8-9H,7H2,(H,22,23,26). The number of benzene rings is 2. The van der Waals surface area contributed by atoms with E-state index < -0.39 is 11.7 Å². The number of nitrogens with one attached hydrogen (secondary N) is 1. The molecule has 0 unspecified atom stereocenters. The van der Waals surface area contributed by atoms with Crippen LogP contribution in [0.3, 0.4) is 0 Å². The largest absolute Gasteiger partial charge is 0.416 e. The van der Waals surface area contributed by atoms with E-state index in [1.807, 2.05) is 0 Å². The molecule has 2 aromatic carbocycles. The van der Waals surface area contributed by atoms with Crippen LogP contribution in [0.2, 0.25) is 0 Å². The summed E-state index contributed by atoms with van der Waals surface area (Å²) in [5.74, 6) is -0.324. The molecule has 0 aliphatic heterocycles. The Balaban J connectivity index is 1.46. The van der Waals surface area contributed by atoms with Crippen LogP contribution in [0.25, 0.3) is 10.2 Å². The molecule has 1 N–H and O–H groups in total. The Hall–Kier alpha value is -2.85. The molecular formula is C18H11F3N4OS2. The van der Waals surface area contributed by atoms with Crippen LogP contribution >= 0.6 is 22.9 Å². The van der Waals surface area contributed by atoms with Crippen LogP contribution in [-0.2, 0) is 12.6 Å². The van der Waals surface area contributed by atoms with Gasteiger partial charge in [0.2, 0.25) is 0 Å². The normalized spacial score (nSPS) is 11.7. The molecule has 142 valence electrons. The van der Waals surface area contributed by atoms with Gasteiger partial charge in [0.05, 0.1) is 10.3 Å². The zero-order valence-electron chi connectivity index (χ0n) is 14.0. The van der Waals surface area contributed by atoms with E-state index in [0.29, 0.717) is 22.7 Å². The highest BCUT2D eigenvalue weighted by molar-refractivity contribution is 7.15. The number of carbonyl (C=O) groups is 1. The fourth-order valence-corrected chi connectivity index (χ4v) is 4.04. The minimum atomic E-state index is -4.38. The second-order valence-corrected chi connectivity index (χ2v) is 7.82. The van der Waals surface area contributed by atoms with Gasteiger partial charge in [0, 0.05) is 23.1 Å². The number of anilines is 1. The summed E-state index contributed by atoms with van der Waals surface area (Å²) in [6, 6.07) is 10.2. The molecule has 5 nitrogen and oxygen atoms in total. The SMILES string of the molecule is O=C(Nc1ncc(Cc2cccc(C(F)(F)F)c2)s1)c1ccc2nnsc2c1. The van der Waals surface area contributed by atoms with Gasteiger partial charge in [0.1, 0.15) is 5.52 Å². The molecule has 1 amide bonds. The summed E-state index contributed by atoms with van der Waals surface area (Å²) in [7, 11) is 0. The fourth-order valence-electron chi connectivity index (χ4n) is 2.59. The third kappa shape index (κ3) is 4.02. The predicted octanol–water partition coefficient (Wildman–Crippen LogP) is 5.01. The van der Waals surface area contributed by atoms with E-state index in [1.165, 1.54) is 28.9 Å². The molecule has 28 heavy (non-hydrogen) atoms. The second kappa shape index (κ2) is 7.28. The zero-order valence-corrected chi connectivity index (χ0v) is 15.7. The van der Waals surface area contributed by atoms with Gasteiger partial charge in [-0.05, 0) is 41.4 Å². The van der Waals surface area contributed by atoms with Crippen molar-refractivity contribution in [1.82, 2.24) is 14.6 Å². The van der Waals surface area contributed by atoms with Crippen LogP contribution in [0, 0.1) is 0 Å². The first-order chi connectivity index (χ1) is 13.4. The van der Waals surface area contributed by atoms with Gasteiger partial charge in [0.25, 0.3) is 5.91 Å². The number of carbonyl (C=O) groups excluding carboxylic acids is 1. The Bertz CT molecular complexity index is 1150. The number of halogens is 3. The Morgan fingerprint density at radius 2 is 2.00 bits per heavy atom. The third-order valence-electron chi connectivity index (χ3n) is 3.92. The molecule has 0 bridgehead atoms.